The van der Waals surface area contributed by atoms with Gasteiger partial charge in [-0.2, -0.15) is 8.78 Å². The van der Waals surface area contributed by atoms with Crippen LogP contribution in [0, 0.1) is 0 Å². The SMILES string of the molecule is CCNC(=NCCc1ccccc1OC(F)F)NCC. The molecule has 0 radical (unpaired) electrons. The summed E-state index contributed by atoms with van der Waals surface area (Å²) in [7, 11) is 0. The maximum absolute atomic E-state index is 12.3. The number of nitrogens with zero attached hydrogens (tertiary/aromatic N) is 1. The molecule has 1 rings (SSSR count). The molecule has 0 saturated heterocycles. The second kappa shape index (κ2) is 9.12. The zero-order valence-corrected chi connectivity index (χ0v) is 11.8. The fourth-order valence-electron chi connectivity index (χ4n) is 1.72. The Kier molecular flexibility index (Phi) is 7.39. The van der Waals surface area contributed by atoms with Crippen molar-refractivity contribution in [1.82, 2.24) is 10.6 Å². The van der Waals surface area contributed by atoms with Gasteiger partial charge in [-0.15, -0.1) is 0 Å². The van der Waals surface area contributed by atoms with Gasteiger partial charge in [0.2, 0.25) is 0 Å². The maximum Gasteiger partial charge on any atom is 0.387 e. The minimum absolute atomic E-state index is 0.214. The number of hydrogen-bond donors (Lipinski definition) is 2. The van der Waals surface area contributed by atoms with Crippen molar-refractivity contribution >= 4 is 5.96 Å². The van der Waals surface area contributed by atoms with Crippen LogP contribution < -0.4 is 15.4 Å². The minimum atomic E-state index is -2.81. The Bertz CT molecular complexity index is 417. The normalized spacial score (nSPS) is 10.2. The van der Waals surface area contributed by atoms with E-state index < -0.39 is 6.61 Å². The van der Waals surface area contributed by atoms with Gasteiger partial charge in [-0.05, 0) is 31.9 Å². The molecule has 0 fully saturated rings. The summed E-state index contributed by atoms with van der Waals surface area (Å²) in [5.74, 6) is 0.938. The molecule has 0 atom stereocenters. The highest BCUT2D eigenvalue weighted by Gasteiger charge is 2.08. The molecule has 2 N–H and O–H groups in total. The molecular weight excluding hydrogens is 264 g/mol. The van der Waals surface area contributed by atoms with Gasteiger partial charge in [-0.1, -0.05) is 18.2 Å². The molecule has 0 aliphatic heterocycles. The number of guanidine groups is 1. The van der Waals surface area contributed by atoms with E-state index in [0.29, 0.717) is 13.0 Å². The Balaban J connectivity index is 2.62. The number of ether oxygens (including phenoxy) is 1. The van der Waals surface area contributed by atoms with Crippen LogP contribution in [-0.2, 0) is 6.42 Å². The van der Waals surface area contributed by atoms with E-state index in [-0.39, 0.29) is 5.75 Å². The number of benzene rings is 1. The van der Waals surface area contributed by atoms with Gasteiger partial charge in [-0.3, -0.25) is 4.99 Å². The van der Waals surface area contributed by atoms with Crippen LogP contribution in [0.1, 0.15) is 19.4 Å². The number of halogens is 2. The van der Waals surface area contributed by atoms with Crippen molar-refractivity contribution in [2.45, 2.75) is 26.9 Å². The van der Waals surface area contributed by atoms with E-state index in [4.69, 9.17) is 0 Å². The van der Waals surface area contributed by atoms with E-state index in [9.17, 15) is 8.78 Å². The molecule has 0 saturated carbocycles. The van der Waals surface area contributed by atoms with Crippen LogP contribution in [0.3, 0.4) is 0 Å². The van der Waals surface area contributed by atoms with E-state index in [0.717, 1.165) is 24.6 Å². The van der Waals surface area contributed by atoms with Crippen molar-refractivity contribution in [3.8, 4) is 5.75 Å². The van der Waals surface area contributed by atoms with E-state index in [1.54, 1.807) is 24.3 Å². The Hall–Kier alpha value is -1.85. The Morgan fingerprint density at radius 3 is 2.45 bits per heavy atom. The lowest BCUT2D eigenvalue weighted by atomic mass is 10.1. The summed E-state index contributed by atoms with van der Waals surface area (Å²) in [5, 5.41) is 6.21. The van der Waals surface area contributed by atoms with Crippen molar-refractivity contribution in [3.05, 3.63) is 29.8 Å². The van der Waals surface area contributed by atoms with Crippen molar-refractivity contribution < 1.29 is 13.5 Å². The average molecular weight is 285 g/mol. The quantitative estimate of drug-likeness (QED) is 0.597. The van der Waals surface area contributed by atoms with Gasteiger partial charge in [0.1, 0.15) is 5.75 Å². The monoisotopic (exact) mass is 285 g/mol. The summed E-state index contributed by atoms with van der Waals surface area (Å²) in [5.41, 5.74) is 0.726. The van der Waals surface area contributed by atoms with Crippen LogP contribution in [0.2, 0.25) is 0 Å². The van der Waals surface area contributed by atoms with Crippen LogP contribution in [0.25, 0.3) is 0 Å². The van der Waals surface area contributed by atoms with Gasteiger partial charge in [0.05, 0.1) is 0 Å². The number of nitrogens with one attached hydrogen (secondary N) is 2. The smallest absolute Gasteiger partial charge is 0.387 e. The highest BCUT2D eigenvalue weighted by molar-refractivity contribution is 5.79. The van der Waals surface area contributed by atoms with E-state index in [2.05, 4.69) is 20.4 Å². The topological polar surface area (TPSA) is 45.7 Å². The first-order valence-corrected chi connectivity index (χ1v) is 6.72. The molecule has 1 aromatic carbocycles. The lowest BCUT2D eigenvalue weighted by Crippen LogP contribution is -2.37. The van der Waals surface area contributed by atoms with Gasteiger partial charge in [-0.25, -0.2) is 0 Å². The molecule has 1 aromatic rings. The summed E-state index contributed by atoms with van der Waals surface area (Å²) >= 11 is 0. The molecule has 0 unspecified atom stereocenters. The van der Waals surface area contributed by atoms with Crippen LogP contribution in [0.4, 0.5) is 8.78 Å². The average Bonchev–Trinajstić information content (AvgIpc) is 2.40. The third-order valence-corrected chi connectivity index (χ3v) is 2.53. The van der Waals surface area contributed by atoms with Crippen LogP contribution in [0.15, 0.2) is 29.3 Å². The zero-order chi connectivity index (χ0) is 14.8. The third kappa shape index (κ3) is 5.86. The van der Waals surface area contributed by atoms with Gasteiger partial charge in [0, 0.05) is 19.6 Å². The Labute approximate surface area is 118 Å². The molecule has 20 heavy (non-hydrogen) atoms. The second-order valence-electron chi connectivity index (χ2n) is 4.03. The molecule has 0 bridgehead atoms. The lowest BCUT2D eigenvalue weighted by molar-refractivity contribution is -0.0504. The van der Waals surface area contributed by atoms with Gasteiger partial charge >= 0.3 is 6.61 Å². The largest absolute Gasteiger partial charge is 0.435 e. The molecule has 0 aliphatic rings. The molecular formula is C14H21F2N3O. The predicted octanol–water partition coefficient (Wildman–Crippen LogP) is 2.41. The van der Waals surface area contributed by atoms with Crippen LogP contribution in [-0.4, -0.2) is 32.2 Å². The fraction of sp³-hybridized carbons (Fsp3) is 0.500. The zero-order valence-electron chi connectivity index (χ0n) is 11.8. The highest BCUT2D eigenvalue weighted by Crippen LogP contribution is 2.20. The molecule has 112 valence electrons. The molecule has 0 heterocycles. The van der Waals surface area contributed by atoms with Crippen molar-refractivity contribution in [3.63, 3.8) is 0 Å². The highest BCUT2D eigenvalue weighted by atomic mass is 19.3. The second-order valence-corrected chi connectivity index (χ2v) is 4.03. The van der Waals surface area contributed by atoms with E-state index >= 15 is 0 Å². The number of para-hydroxylation sites is 1. The van der Waals surface area contributed by atoms with Crippen LogP contribution >= 0.6 is 0 Å². The van der Waals surface area contributed by atoms with Crippen LogP contribution in [0.5, 0.6) is 5.75 Å². The van der Waals surface area contributed by atoms with E-state index in [1.807, 2.05) is 13.8 Å². The molecule has 0 amide bonds. The molecule has 0 aromatic heterocycles. The Morgan fingerprint density at radius 1 is 1.20 bits per heavy atom. The molecule has 6 heteroatoms. The summed E-state index contributed by atoms with van der Waals surface area (Å²) in [4.78, 5) is 4.37. The fourth-order valence-corrected chi connectivity index (χ4v) is 1.72. The molecule has 4 nitrogen and oxygen atoms in total. The first-order valence-electron chi connectivity index (χ1n) is 6.72. The predicted molar refractivity (Wildman–Crippen MR) is 76.4 cm³/mol. The standard InChI is InChI=1S/C14H21F2N3O/c1-3-17-14(18-4-2)19-10-9-11-7-5-6-8-12(11)20-13(15)16/h5-8,13H,3-4,9-10H2,1-2H3,(H2,17,18,19). The third-order valence-electron chi connectivity index (χ3n) is 2.53. The van der Waals surface area contributed by atoms with Gasteiger partial charge < -0.3 is 15.4 Å². The first-order chi connectivity index (χ1) is 9.67. The molecule has 0 aliphatic carbocycles. The summed E-state index contributed by atoms with van der Waals surface area (Å²) in [6.07, 6.45) is 0.545. The van der Waals surface area contributed by atoms with Crippen molar-refractivity contribution in [2.24, 2.45) is 4.99 Å². The van der Waals surface area contributed by atoms with Crippen molar-refractivity contribution in [1.29, 1.82) is 0 Å². The number of alkyl halides is 2. The minimum Gasteiger partial charge on any atom is -0.435 e. The van der Waals surface area contributed by atoms with E-state index in [1.165, 1.54) is 0 Å². The summed E-state index contributed by atoms with van der Waals surface area (Å²) in [6.45, 7) is 3.21. The summed E-state index contributed by atoms with van der Waals surface area (Å²) < 4.78 is 29.0. The number of hydrogen-bond acceptors (Lipinski definition) is 2. The Morgan fingerprint density at radius 2 is 1.85 bits per heavy atom. The lowest BCUT2D eigenvalue weighted by Gasteiger charge is -2.11. The first kappa shape index (κ1) is 16.2. The maximum atomic E-state index is 12.3. The van der Waals surface area contributed by atoms with Gasteiger partial charge in [0.25, 0.3) is 0 Å². The van der Waals surface area contributed by atoms with Crippen molar-refractivity contribution in [2.75, 3.05) is 19.6 Å². The number of aliphatic imine (C=N–C) groups is 1. The van der Waals surface area contributed by atoms with Gasteiger partial charge in [0.15, 0.2) is 5.96 Å². The molecule has 0 spiro atoms. The number of rotatable bonds is 7. The summed E-state index contributed by atoms with van der Waals surface area (Å²) in [6, 6.07) is 6.79.